The Kier molecular flexibility index (Phi) is 4.06. The SMILES string of the molecule is CCOC(=O)Cc1csc(-c2cnc(C)nc2N)n1. The van der Waals surface area contributed by atoms with Gasteiger partial charge in [0.05, 0.1) is 24.3 Å². The molecule has 2 heterocycles. The van der Waals surface area contributed by atoms with Gasteiger partial charge in [0.2, 0.25) is 0 Å². The lowest BCUT2D eigenvalue weighted by atomic mass is 10.3. The molecule has 0 aliphatic heterocycles. The maximum Gasteiger partial charge on any atom is 0.311 e. The molecule has 0 aromatic carbocycles. The molecule has 2 rings (SSSR count). The smallest absolute Gasteiger partial charge is 0.311 e. The minimum Gasteiger partial charge on any atom is -0.466 e. The van der Waals surface area contributed by atoms with Crippen molar-refractivity contribution in [3.05, 3.63) is 23.1 Å². The number of nitrogen functional groups attached to an aromatic ring is 1. The van der Waals surface area contributed by atoms with Gasteiger partial charge < -0.3 is 10.5 Å². The average molecular weight is 278 g/mol. The molecule has 0 atom stereocenters. The predicted octanol–water partition coefficient (Wildman–Crippen LogP) is 1.60. The van der Waals surface area contributed by atoms with Gasteiger partial charge in [0.1, 0.15) is 16.6 Å². The van der Waals surface area contributed by atoms with Gasteiger partial charge in [-0.1, -0.05) is 0 Å². The number of carbonyl (C=O) groups is 1. The number of anilines is 1. The molecule has 2 aromatic heterocycles. The number of aromatic nitrogens is 3. The molecule has 100 valence electrons. The van der Waals surface area contributed by atoms with Gasteiger partial charge in [-0.05, 0) is 13.8 Å². The van der Waals surface area contributed by atoms with E-state index >= 15 is 0 Å². The molecular weight excluding hydrogens is 264 g/mol. The largest absolute Gasteiger partial charge is 0.466 e. The van der Waals surface area contributed by atoms with Crippen molar-refractivity contribution in [1.82, 2.24) is 15.0 Å². The van der Waals surface area contributed by atoms with Crippen LogP contribution in [0, 0.1) is 6.92 Å². The number of hydrogen-bond donors (Lipinski definition) is 1. The minimum atomic E-state index is -0.285. The number of nitrogens with two attached hydrogens (primary N) is 1. The van der Waals surface area contributed by atoms with Crippen LogP contribution in [0.25, 0.3) is 10.6 Å². The number of nitrogens with zero attached hydrogens (tertiary/aromatic N) is 3. The second-order valence-electron chi connectivity index (χ2n) is 3.84. The van der Waals surface area contributed by atoms with Gasteiger partial charge in [-0.3, -0.25) is 4.79 Å². The molecule has 0 saturated carbocycles. The molecule has 0 saturated heterocycles. The second kappa shape index (κ2) is 5.75. The molecule has 0 amide bonds. The number of thiazole rings is 1. The normalized spacial score (nSPS) is 10.4. The Morgan fingerprint density at radius 3 is 2.95 bits per heavy atom. The molecule has 2 aromatic rings. The third-order valence-corrected chi connectivity index (χ3v) is 3.28. The number of carbonyl (C=O) groups excluding carboxylic acids is 1. The van der Waals surface area contributed by atoms with Gasteiger partial charge in [0.15, 0.2) is 0 Å². The van der Waals surface area contributed by atoms with Crippen LogP contribution >= 0.6 is 11.3 Å². The summed E-state index contributed by atoms with van der Waals surface area (Å²) in [5.74, 6) is 0.724. The van der Waals surface area contributed by atoms with Gasteiger partial charge in [0.25, 0.3) is 0 Å². The first-order valence-electron chi connectivity index (χ1n) is 5.79. The lowest BCUT2D eigenvalue weighted by Crippen LogP contribution is -2.07. The van der Waals surface area contributed by atoms with E-state index in [1.54, 1.807) is 20.0 Å². The van der Waals surface area contributed by atoms with E-state index in [9.17, 15) is 4.79 Å². The molecule has 0 bridgehead atoms. The zero-order valence-corrected chi connectivity index (χ0v) is 11.5. The standard InChI is InChI=1S/C12H14N4O2S/c1-3-18-10(17)4-8-6-19-12(16-8)9-5-14-7(2)15-11(9)13/h5-6H,3-4H2,1-2H3,(H2,13,14,15). The molecule has 19 heavy (non-hydrogen) atoms. The van der Waals surface area contributed by atoms with Crippen LogP contribution in [0.4, 0.5) is 5.82 Å². The monoisotopic (exact) mass is 278 g/mol. The van der Waals surface area contributed by atoms with Crippen LogP contribution in [-0.2, 0) is 16.0 Å². The summed E-state index contributed by atoms with van der Waals surface area (Å²) in [7, 11) is 0. The van der Waals surface area contributed by atoms with Crippen molar-refractivity contribution in [2.24, 2.45) is 0 Å². The molecule has 6 nitrogen and oxygen atoms in total. The maximum absolute atomic E-state index is 11.4. The van der Waals surface area contributed by atoms with Crippen LogP contribution in [-0.4, -0.2) is 27.5 Å². The Hall–Kier alpha value is -2.02. The summed E-state index contributed by atoms with van der Waals surface area (Å²) in [4.78, 5) is 23.9. The lowest BCUT2D eigenvalue weighted by molar-refractivity contribution is -0.142. The lowest BCUT2D eigenvalue weighted by Gasteiger charge is -2.01. The summed E-state index contributed by atoms with van der Waals surface area (Å²) < 4.78 is 4.88. The van der Waals surface area contributed by atoms with Crippen LogP contribution in [0.1, 0.15) is 18.4 Å². The summed E-state index contributed by atoms with van der Waals surface area (Å²) in [5.41, 5.74) is 7.19. The van der Waals surface area contributed by atoms with E-state index in [4.69, 9.17) is 10.5 Å². The first kappa shape index (κ1) is 13.4. The van der Waals surface area contributed by atoms with Crippen molar-refractivity contribution < 1.29 is 9.53 Å². The molecule has 0 unspecified atom stereocenters. The average Bonchev–Trinajstić information content (AvgIpc) is 2.77. The third-order valence-electron chi connectivity index (χ3n) is 2.35. The fraction of sp³-hybridized carbons (Fsp3) is 0.333. The van der Waals surface area contributed by atoms with E-state index in [1.165, 1.54) is 11.3 Å². The van der Waals surface area contributed by atoms with Crippen molar-refractivity contribution >= 4 is 23.1 Å². The summed E-state index contributed by atoms with van der Waals surface area (Å²) in [6.07, 6.45) is 1.81. The maximum atomic E-state index is 11.4. The quantitative estimate of drug-likeness (QED) is 0.854. The summed E-state index contributed by atoms with van der Waals surface area (Å²) in [6.45, 7) is 3.91. The van der Waals surface area contributed by atoms with Gasteiger partial charge in [0, 0.05) is 11.6 Å². The number of aryl methyl sites for hydroxylation is 1. The van der Waals surface area contributed by atoms with Crippen LogP contribution in [0.15, 0.2) is 11.6 Å². The Morgan fingerprint density at radius 1 is 1.47 bits per heavy atom. The van der Waals surface area contributed by atoms with Crippen molar-refractivity contribution in [1.29, 1.82) is 0 Å². The zero-order chi connectivity index (χ0) is 13.8. The van der Waals surface area contributed by atoms with E-state index in [1.807, 2.05) is 5.38 Å². The van der Waals surface area contributed by atoms with Gasteiger partial charge in [-0.15, -0.1) is 11.3 Å². The summed E-state index contributed by atoms with van der Waals surface area (Å²) >= 11 is 1.40. The van der Waals surface area contributed by atoms with Crippen molar-refractivity contribution in [2.45, 2.75) is 20.3 Å². The topological polar surface area (TPSA) is 91.0 Å². The van der Waals surface area contributed by atoms with Crippen molar-refractivity contribution in [3.63, 3.8) is 0 Å². The molecule has 0 aliphatic carbocycles. The summed E-state index contributed by atoms with van der Waals surface area (Å²) in [6, 6.07) is 0. The van der Waals surface area contributed by atoms with Crippen molar-refractivity contribution in [2.75, 3.05) is 12.3 Å². The predicted molar refractivity (Wildman–Crippen MR) is 72.6 cm³/mol. The number of ether oxygens (including phenoxy) is 1. The first-order chi connectivity index (χ1) is 9.10. The van der Waals surface area contributed by atoms with E-state index in [0.29, 0.717) is 34.5 Å². The Bertz CT molecular complexity index is 597. The van der Waals surface area contributed by atoms with Crippen LogP contribution in [0.5, 0.6) is 0 Å². The molecule has 0 radical (unpaired) electrons. The molecule has 0 spiro atoms. The van der Waals surface area contributed by atoms with E-state index in [2.05, 4.69) is 15.0 Å². The Balaban J connectivity index is 2.18. The highest BCUT2D eigenvalue weighted by atomic mass is 32.1. The minimum absolute atomic E-state index is 0.164. The van der Waals surface area contributed by atoms with Crippen LogP contribution in [0.3, 0.4) is 0 Å². The van der Waals surface area contributed by atoms with Gasteiger partial charge in [-0.25, -0.2) is 15.0 Å². The van der Waals surface area contributed by atoms with Crippen molar-refractivity contribution in [3.8, 4) is 10.6 Å². The summed E-state index contributed by atoms with van der Waals surface area (Å²) in [5, 5.41) is 2.52. The van der Waals surface area contributed by atoms with Gasteiger partial charge >= 0.3 is 5.97 Å². The highest BCUT2D eigenvalue weighted by Crippen LogP contribution is 2.27. The second-order valence-corrected chi connectivity index (χ2v) is 4.70. The Morgan fingerprint density at radius 2 is 2.26 bits per heavy atom. The first-order valence-corrected chi connectivity index (χ1v) is 6.67. The number of esters is 1. The van der Waals surface area contributed by atoms with Crippen LogP contribution < -0.4 is 5.73 Å². The molecule has 0 fully saturated rings. The molecule has 0 aliphatic rings. The zero-order valence-electron chi connectivity index (χ0n) is 10.7. The van der Waals surface area contributed by atoms with Gasteiger partial charge in [-0.2, -0.15) is 0 Å². The highest BCUT2D eigenvalue weighted by molar-refractivity contribution is 7.13. The number of rotatable bonds is 4. The molecule has 2 N–H and O–H groups in total. The van der Waals surface area contributed by atoms with E-state index in [0.717, 1.165) is 0 Å². The highest BCUT2D eigenvalue weighted by Gasteiger charge is 2.12. The Labute approximate surface area is 114 Å². The third kappa shape index (κ3) is 3.25. The fourth-order valence-electron chi connectivity index (χ4n) is 1.52. The van der Waals surface area contributed by atoms with Crippen LogP contribution in [0.2, 0.25) is 0 Å². The number of hydrogen-bond acceptors (Lipinski definition) is 7. The molecular formula is C12H14N4O2S. The molecule has 7 heteroatoms. The fourth-order valence-corrected chi connectivity index (χ4v) is 2.36. The van der Waals surface area contributed by atoms with E-state index in [-0.39, 0.29) is 12.4 Å². The van der Waals surface area contributed by atoms with E-state index < -0.39 is 0 Å².